The molecule has 2 aromatic heterocycles. The van der Waals surface area contributed by atoms with Crippen LogP contribution in [0.3, 0.4) is 0 Å². The third-order valence-electron chi connectivity index (χ3n) is 6.51. The lowest BCUT2D eigenvalue weighted by Gasteiger charge is -2.17. The Labute approximate surface area is 213 Å². The summed E-state index contributed by atoms with van der Waals surface area (Å²) < 4.78 is 4.30. The number of hydrogen-bond acceptors (Lipinski definition) is 2. The van der Waals surface area contributed by atoms with Crippen molar-refractivity contribution >= 4 is 56.0 Å². The maximum atomic E-state index is 11.3. The molecular formula is C29H23Cl2N3O. The first-order chi connectivity index (χ1) is 17.1. The van der Waals surface area contributed by atoms with Gasteiger partial charge < -0.3 is 14.2 Å². The number of aliphatic hydroxyl groups excluding tert-OH is 1. The molecule has 0 aliphatic heterocycles. The van der Waals surface area contributed by atoms with Gasteiger partial charge in [0.1, 0.15) is 5.82 Å². The van der Waals surface area contributed by atoms with Crippen molar-refractivity contribution in [1.82, 2.24) is 14.1 Å². The smallest absolute Gasteiger partial charge is 0.114 e. The Morgan fingerprint density at radius 2 is 1.29 bits per heavy atom. The molecule has 4 nitrogen and oxygen atoms in total. The fourth-order valence-electron chi connectivity index (χ4n) is 4.97. The number of imidazole rings is 1. The second-order valence-corrected chi connectivity index (χ2v) is 9.75. The van der Waals surface area contributed by atoms with Gasteiger partial charge in [0.2, 0.25) is 0 Å². The number of aliphatic hydroxyl groups is 1. The summed E-state index contributed by atoms with van der Waals surface area (Å²) in [6.07, 6.45) is 0.0709. The van der Waals surface area contributed by atoms with E-state index >= 15 is 0 Å². The standard InChI is InChI=1S/C29H23Cl2N3O/c30-20-10-12-26-23(15-20)24-16-21(31)11-13-27(24)33(26)17-22(35)18-34-28-9-5-4-8-25(28)32-29(34)14-19-6-2-1-3-7-19/h1-13,15-16,22,35H,14,17-18H2/t22-/m1/s1. The highest BCUT2D eigenvalue weighted by atomic mass is 35.5. The van der Waals surface area contributed by atoms with Gasteiger partial charge in [-0.2, -0.15) is 0 Å². The fraction of sp³-hybridized carbons (Fsp3) is 0.138. The molecule has 6 rings (SSSR count). The summed E-state index contributed by atoms with van der Waals surface area (Å²) in [6, 6.07) is 30.1. The van der Waals surface area contributed by atoms with Gasteiger partial charge in [-0.15, -0.1) is 0 Å². The van der Waals surface area contributed by atoms with Crippen molar-refractivity contribution in [3.63, 3.8) is 0 Å². The van der Waals surface area contributed by atoms with Crippen LogP contribution in [-0.2, 0) is 19.5 Å². The molecule has 4 aromatic carbocycles. The Balaban J connectivity index is 1.38. The number of hydrogen-bond donors (Lipinski definition) is 1. The highest BCUT2D eigenvalue weighted by Crippen LogP contribution is 2.33. The minimum atomic E-state index is -0.632. The van der Waals surface area contributed by atoms with Gasteiger partial charge in [-0.05, 0) is 54.1 Å². The number of fused-ring (bicyclic) bond motifs is 4. The second-order valence-electron chi connectivity index (χ2n) is 8.88. The largest absolute Gasteiger partial charge is 0.389 e. The van der Waals surface area contributed by atoms with Crippen LogP contribution in [0.2, 0.25) is 10.0 Å². The topological polar surface area (TPSA) is 43.0 Å². The van der Waals surface area contributed by atoms with E-state index in [0.717, 1.165) is 38.7 Å². The second kappa shape index (κ2) is 9.04. The van der Waals surface area contributed by atoms with Crippen molar-refractivity contribution in [2.75, 3.05) is 0 Å². The van der Waals surface area contributed by atoms with Gasteiger partial charge in [-0.1, -0.05) is 65.7 Å². The van der Waals surface area contributed by atoms with Crippen LogP contribution in [0.25, 0.3) is 32.8 Å². The third-order valence-corrected chi connectivity index (χ3v) is 6.98. The highest BCUT2D eigenvalue weighted by Gasteiger charge is 2.18. The van der Waals surface area contributed by atoms with Gasteiger partial charge in [-0.3, -0.25) is 0 Å². The molecule has 174 valence electrons. The first-order valence-corrected chi connectivity index (χ1v) is 12.4. The zero-order valence-electron chi connectivity index (χ0n) is 18.9. The molecule has 6 aromatic rings. The Hall–Kier alpha value is -3.31. The van der Waals surface area contributed by atoms with Crippen LogP contribution in [-0.4, -0.2) is 25.3 Å². The molecule has 1 N–H and O–H groups in total. The molecule has 0 aliphatic rings. The molecule has 35 heavy (non-hydrogen) atoms. The maximum absolute atomic E-state index is 11.3. The van der Waals surface area contributed by atoms with Crippen LogP contribution in [0.4, 0.5) is 0 Å². The lowest BCUT2D eigenvalue weighted by atomic mass is 10.1. The monoisotopic (exact) mass is 499 g/mol. The molecule has 0 fully saturated rings. The van der Waals surface area contributed by atoms with Crippen LogP contribution in [0.15, 0.2) is 91.0 Å². The van der Waals surface area contributed by atoms with E-state index in [4.69, 9.17) is 28.2 Å². The van der Waals surface area contributed by atoms with Gasteiger partial charge >= 0.3 is 0 Å². The van der Waals surface area contributed by atoms with Gasteiger partial charge in [-0.25, -0.2) is 4.98 Å². The van der Waals surface area contributed by atoms with Crippen LogP contribution < -0.4 is 0 Å². The SMILES string of the molecule is O[C@@H](Cn1c(Cc2ccccc2)nc2ccccc21)Cn1c2ccc(Cl)cc2c2cc(Cl)ccc21. The Bertz CT molecular complexity index is 1610. The molecule has 2 heterocycles. The molecule has 6 heteroatoms. The summed E-state index contributed by atoms with van der Waals surface area (Å²) in [4.78, 5) is 4.89. The molecule has 0 amide bonds. The van der Waals surface area contributed by atoms with E-state index in [1.54, 1.807) is 0 Å². The van der Waals surface area contributed by atoms with E-state index in [0.29, 0.717) is 29.6 Å². The van der Waals surface area contributed by atoms with Gasteiger partial charge in [0.05, 0.1) is 30.2 Å². The van der Waals surface area contributed by atoms with Crippen LogP contribution >= 0.6 is 23.2 Å². The van der Waals surface area contributed by atoms with Crippen LogP contribution in [0.5, 0.6) is 0 Å². The zero-order chi connectivity index (χ0) is 23.9. The average molecular weight is 500 g/mol. The molecule has 0 aliphatic carbocycles. The highest BCUT2D eigenvalue weighted by molar-refractivity contribution is 6.33. The quantitative estimate of drug-likeness (QED) is 0.265. The fourth-order valence-corrected chi connectivity index (χ4v) is 5.31. The molecule has 1 atom stereocenters. The third kappa shape index (κ3) is 4.19. The van der Waals surface area contributed by atoms with Gasteiger partial charge in [0, 0.05) is 38.3 Å². The summed E-state index contributed by atoms with van der Waals surface area (Å²) in [5.41, 5.74) is 5.19. The number of para-hydroxylation sites is 2. The molecule has 0 saturated carbocycles. The minimum absolute atomic E-state index is 0.431. The number of benzene rings is 4. The number of aromatic nitrogens is 3. The molecular weight excluding hydrogens is 477 g/mol. The summed E-state index contributed by atoms with van der Waals surface area (Å²) >= 11 is 12.6. The predicted molar refractivity (Wildman–Crippen MR) is 144 cm³/mol. The first-order valence-electron chi connectivity index (χ1n) is 11.6. The maximum Gasteiger partial charge on any atom is 0.114 e. The average Bonchev–Trinajstić information content (AvgIpc) is 3.34. The zero-order valence-corrected chi connectivity index (χ0v) is 20.4. The summed E-state index contributed by atoms with van der Waals surface area (Å²) in [7, 11) is 0. The molecule has 0 spiro atoms. The van der Waals surface area contributed by atoms with Crippen LogP contribution in [0.1, 0.15) is 11.4 Å². The van der Waals surface area contributed by atoms with Crippen molar-refractivity contribution in [1.29, 1.82) is 0 Å². The van der Waals surface area contributed by atoms with Crippen LogP contribution in [0, 0.1) is 0 Å². The van der Waals surface area contributed by atoms with Crippen molar-refractivity contribution in [3.8, 4) is 0 Å². The Kier molecular flexibility index (Phi) is 5.73. The number of halogens is 2. The van der Waals surface area contributed by atoms with E-state index in [1.165, 1.54) is 5.56 Å². The van der Waals surface area contributed by atoms with Gasteiger partial charge in [0.15, 0.2) is 0 Å². The van der Waals surface area contributed by atoms with E-state index in [1.807, 2.05) is 72.8 Å². The lowest BCUT2D eigenvalue weighted by Crippen LogP contribution is -2.23. The number of rotatable bonds is 6. The van der Waals surface area contributed by atoms with E-state index in [-0.39, 0.29) is 0 Å². The predicted octanol–water partition coefficient (Wildman–Crippen LogP) is 7.10. The van der Waals surface area contributed by atoms with E-state index in [2.05, 4.69) is 27.3 Å². The van der Waals surface area contributed by atoms with E-state index < -0.39 is 6.10 Å². The molecule has 0 unspecified atom stereocenters. The Morgan fingerprint density at radius 1 is 0.686 bits per heavy atom. The normalized spacial score (nSPS) is 12.7. The summed E-state index contributed by atoms with van der Waals surface area (Å²) in [5.74, 6) is 0.942. The molecule has 0 bridgehead atoms. The van der Waals surface area contributed by atoms with E-state index in [9.17, 15) is 5.11 Å². The van der Waals surface area contributed by atoms with Crippen molar-refractivity contribution < 1.29 is 5.11 Å². The Morgan fingerprint density at radius 3 is 1.97 bits per heavy atom. The lowest BCUT2D eigenvalue weighted by molar-refractivity contribution is 0.137. The van der Waals surface area contributed by atoms with Crippen molar-refractivity contribution in [3.05, 3.63) is 112 Å². The first kappa shape index (κ1) is 22.2. The van der Waals surface area contributed by atoms with Crippen molar-refractivity contribution in [2.24, 2.45) is 0 Å². The summed E-state index contributed by atoms with van der Waals surface area (Å²) in [5, 5.41) is 14.8. The van der Waals surface area contributed by atoms with Crippen molar-refractivity contribution in [2.45, 2.75) is 25.6 Å². The molecule has 0 saturated heterocycles. The number of nitrogens with zero attached hydrogens (tertiary/aromatic N) is 3. The summed E-state index contributed by atoms with van der Waals surface area (Å²) in [6.45, 7) is 0.867. The molecule has 0 radical (unpaired) electrons. The van der Waals surface area contributed by atoms with Gasteiger partial charge in [0.25, 0.3) is 0 Å². The minimum Gasteiger partial charge on any atom is -0.389 e.